The normalized spacial score (nSPS) is 18.0. The summed E-state index contributed by atoms with van der Waals surface area (Å²) < 4.78 is 18.9. The molecule has 1 saturated heterocycles. The number of piperidine rings is 1. The summed E-state index contributed by atoms with van der Waals surface area (Å²) in [6.45, 7) is 5.33. The minimum atomic E-state index is -0.189. The molecular weight excluding hydrogens is 331 g/mol. The molecule has 2 N–H and O–H groups in total. The van der Waals surface area contributed by atoms with Crippen LogP contribution in [-0.2, 0) is 6.42 Å². The zero-order valence-electron chi connectivity index (χ0n) is 15.2. The molecule has 0 radical (unpaired) electrons. The van der Waals surface area contributed by atoms with Crippen molar-refractivity contribution in [3.05, 3.63) is 54.2 Å². The van der Waals surface area contributed by atoms with Gasteiger partial charge in [0.25, 0.3) is 0 Å². The Morgan fingerprint density at radius 1 is 1.35 bits per heavy atom. The van der Waals surface area contributed by atoms with E-state index in [9.17, 15) is 4.39 Å². The molecular formula is C20H27FN4O. The standard InChI is InChI=1S/C20H27FN4O/c1-2-22-20(23-11-10-19-9-5-13-26-19)24-17-7-4-12-25(15-17)18-8-3-6-16(21)14-18/h3,5-6,8-9,13-14,17H,2,4,7,10-12,15H2,1H3,(H2,22,23,24). The van der Waals surface area contributed by atoms with E-state index in [4.69, 9.17) is 4.42 Å². The molecule has 5 nitrogen and oxygen atoms in total. The van der Waals surface area contributed by atoms with E-state index in [2.05, 4.69) is 27.4 Å². The maximum absolute atomic E-state index is 13.5. The van der Waals surface area contributed by atoms with Crippen LogP contribution in [0.1, 0.15) is 25.5 Å². The van der Waals surface area contributed by atoms with Gasteiger partial charge in [-0.15, -0.1) is 0 Å². The Labute approximate surface area is 154 Å². The molecule has 1 unspecified atom stereocenters. The van der Waals surface area contributed by atoms with Gasteiger partial charge in [0.15, 0.2) is 5.96 Å². The largest absolute Gasteiger partial charge is 0.469 e. The van der Waals surface area contributed by atoms with Crippen LogP contribution in [0.2, 0.25) is 0 Å². The highest BCUT2D eigenvalue weighted by Crippen LogP contribution is 2.20. The van der Waals surface area contributed by atoms with E-state index in [1.165, 1.54) is 6.07 Å². The van der Waals surface area contributed by atoms with Gasteiger partial charge in [-0.3, -0.25) is 4.99 Å². The highest BCUT2D eigenvalue weighted by molar-refractivity contribution is 5.80. The van der Waals surface area contributed by atoms with Gasteiger partial charge < -0.3 is 20.0 Å². The lowest BCUT2D eigenvalue weighted by atomic mass is 10.0. The van der Waals surface area contributed by atoms with Crippen molar-refractivity contribution in [2.75, 3.05) is 31.1 Å². The summed E-state index contributed by atoms with van der Waals surface area (Å²) in [5.74, 6) is 1.58. The van der Waals surface area contributed by atoms with Crippen LogP contribution in [0.3, 0.4) is 0 Å². The number of hydrogen-bond donors (Lipinski definition) is 2. The third kappa shape index (κ3) is 5.25. The fourth-order valence-corrected chi connectivity index (χ4v) is 3.25. The molecule has 1 atom stereocenters. The molecule has 0 aliphatic carbocycles. The average Bonchev–Trinajstić information content (AvgIpc) is 3.16. The van der Waals surface area contributed by atoms with E-state index in [0.717, 1.165) is 56.3 Å². The van der Waals surface area contributed by atoms with Crippen molar-refractivity contribution >= 4 is 11.6 Å². The van der Waals surface area contributed by atoms with Crippen molar-refractivity contribution in [3.63, 3.8) is 0 Å². The molecule has 1 aromatic heterocycles. The number of rotatable bonds is 6. The lowest BCUT2D eigenvalue weighted by Gasteiger charge is -2.35. The van der Waals surface area contributed by atoms with Crippen LogP contribution in [0.15, 0.2) is 52.1 Å². The molecule has 1 aliphatic heterocycles. The number of furan rings is 1. The number of hydrogen-bond acceptors (Lipinski definition) is 3. The highest BCUT2D eigenvalue weighted by atomic mass is 19.1. The molecule has 2 heterocycles. The van der Waals surface area contributed by atoms with Gasteiger partial charge in [-0.25, -0.2) is 4.39 Å². The second kappa shape index (κ2) is 9.27. The third-order valence-electron chi connectivity index (χ3n) is 4.49. The molecule has 26 heavy (non-hydrogen) atoms. The maximum atomic E-state index is 13.5. The van der Waals surface area contributed by atoms with E-state index in [1.807, 2.05) is 18.2 Å². The number of anilines is 1. The third-order valence-corrected chi connectivity index (χ3v) is 4.49. The molecule has 2 aromatic rings. The summed E-state index contributed by atoms with van der Waals surface area (Å²) in [4.78, 5) is 6.88. The predicted molar refractivity (Wildman–Crippen MR) is 103 cm³/mol. The summed E-state index contributed by atoms with van der Waals surface area (Å²) in [6, 6.07) is 11.0. The lowest BCUT2D eigenvalue weighted by Crippen LogP contribution is -2.51. The highest BCUT2D eigenvalue weighted by Gasteiger charge is 2.21. The lowest BCUT2D eigenvalue weighted by molar-refractivity contribution is 0.467. The molecule has 0 spiro atoms. The topological polar surface area (TPSA) is 52.8 Å². The second-order valence-corrected chi connectivity index (χ2v) is 6.50. The smallest absolute Gasteiger partial charge is 0.191 e. The fourth-order valence-electron chi connectivity index (χ4n) is 3.25. The SMILES string of the molecule is CCNC(=NCCc1ccco1)NC1CCCN(c2cccc(F)c2)C1. The van der Waals surface area contributed by atoms with Crippen molar-refractivity contribution in [3.8, 4) is 0 Å². The molecule has 1 fully saturated rings. The average molecular weight is 358 g/mol. The Kier molecular flexibility index (Phi) is 6.52. The van der Waals surface area contributed by atoms with Gasteiger partial charge in [0.05, 0.1) is 6.26 Å². The van der Waals surface area contributed by atoms with Crippen LogP contribution < -0.4 is 15.5 Å². The zero-order valence-corrected chi connectivity index (χ0v) is 15.2. The molecule has 6 heteroatoms. The van der Waals surface area contributed by atoms with E-state index >= 15 is 0 Å². The summed E-state index contributed by atoms with van der Waals surface area (Å²) in [7, 11) is 0. The van der Waals surface area contributed by atoms with Crippen LogP contribution in [0.4, 0.5) is 10.1 Å². The van der Waals surface area contributed by atoms with Gasteiger partial charge in [-0.05, 0) is 50.1 Å². The number of benzene rings is 1. The van der Waals surface area contributed by atoms with Crippen molar-refractivity contribution in [1.82, 2.24) is 10.6 Å². The van der Waals surface area contributed by atoms with E-state index in [1.54, 1.807) is 18.4 Å². The van der Waals surface area contributed by atoms with Gasteiger partial charge >= 0.3 is 0 Å². The van der Waals surface area contributed by atoms with Crippen LogP contribution in [0.5, 0.6) is 0 Å². The van der Waals surface area contributed by atoms with Gasteiger partial charge in [-0.1, -0.05) is 6.07 Å². The summed E-state index contributed by atoms with van der Waals surface area (Å²) in [6.07, 6.45) is 4.61. The second-order valence-electron chi connectivity index (χ2n) is 6.50. The van der Waals surface area contributed by atoms with Crippen molar-refractivity contribution in [2.45, 2.75) is 32.2 Å². The molecule has 0 saturated carbocycles. The number of nitrogens with zero attached hydrogens (tertiary/aromatic N) is 2. The first kappa shape index (κ1) is 18.3. The van der Waals surface area contributed by atoms with Gasteiger partial charge in [0, 0.05) is 44.3 Å². The van der Waals surface area contributed by atoms with E-state index < -0.39 is 0 Å². The van der Waals surface area contributed by atoms with Crippen LogP contribution in [0.25, 0.3) is 0 Å². The minimum absolute atomic E-state index is 0.189. The Morgan fingerprint density at radius 2 is 2.27 bits per heavy atom. The number of guanidine groups is 1. The summed E-state index contributed by atoms with van der Waals surface area (Å²) >= 11 is 0. The van der Waals surface area contributed by atoms with Crippen molar-refractivity contribution in [2.24, 2.45) is 4.99 Å². The molecule has 0 bridgehead atoms. The number of halogens is 1. The van der Waals surface area contributed by atoms with Crippen molar-refractivity contribution in [1.29, 1.82) is 0 Å². The Bertz CT molecular complexity index is 702. The van der Waals surface area contributed by atoms with Gasteiger partial charge in [0.1, 0.15) is 11.6 Å². The quantitative estimate of drug-likeness (QED) is 0.615. The van der Waals surface area contributed by atoms with Gasteiger partial charge in [-0.2, -0.15) is 0 Å². The van der Waals surface area contributed by atoms with Crippen molar-refractivity contribution < 1.29 is 8.81 Å². The Morgan fingerprint density at radius 3 is 3.04 bits per heavy atom. The van der Waals surface area contributed by atoms with Gasteiger partial charge in [0.2, 0.25) is 0 Å². The van der Waals surface area contributed by atoms with E-state index in [-0.39, 0.29) is 11.9 Å². The molecule has 0 amide bonds. The van der Waals surface area contributed by atoms with E-state index in [0.29, 0.717) is 6.54 Å². The van der Waals surface area contributed by atoms with Crippen LogP contribution >= 0.6 is 0 Å². The fraction of sp³-hybridized carbons (Fsp3) is 0.450. The maximum Gasteiger partial charge on any atom is 0.191 e. The first-order chi connectivity index (χ1) is 12.7. The minimum Gasteiger partial charge on any atom is -0.469 e. The molecule has 1 aromatic carbocycles. The molecule has 3 rings (SSSR count). The number of nitrogens with one attached hydrogen (secondary N) is 2. The molecule has 1 aliphatic rings. The first-order valence-corrected chi connectivity index (χ1v) is 9.32. The number of aliphatic imine (C=N–C) groups is 1. The zero-order chi connectivity index (χ0) is 18.2. The molecule has 140 valence electrons. The predicted octanol–water partition coefficient (Wildman–Crippen LogP) is 3.19. The first-order valence-electron chi connectivity index (χ1n) is 9.32. The Balaban J connectivity index is 1.57. The Hall–Kier alpha value is -2.50. The van der Waals surface area contributed by atoms with Crippen LogP contribution in [-0.4, -0.2) is 38.2 Å². The summed E-state index contributed by atoms with van der Waals surface area (Å²) in [5.41, 5.74) is 0.941. The summed E-state index contributed by atoms with van der Waals surface area (Å²) in [5, 5.41) is 6.83. The van der Waals surface area contributed by atoms with Crippen LogP contribution in [0, 0.1) is 5.82 Å². The monoisotopic (exact) mass is 358 g/mol.